The summed E-state index contributed by atoms with van der Waals surface area (Å²) >= 11 is 0. The van der Waals surface area contributed by atoms with Crippen molar-refractivity contribution in [2.75, 3.05) is 10.6 Å². The van der Waals surface area contributed by atoms with Crippen molar-refractivity contribution in [2.24, 2.45) is 5.73 Å². The Morgan fingerprint density at radius 3 is 2.81 bits per heavy atom. The molecular formula is C19H17FN6O. The third-order valence-corrected chi connectivity index (χ3v) is 4.01. The van der Waals surface area contributed by atoms with E-state index in [4.69, 9.17) is 5.73 Å². The first-order valence-corrected chi connectivity index (χ1v) is 8.30. The van der Waals surface area contributed by atoms with Crippen LogP contribution in [-0.4, -0.2) is 21.9 Å². The standard InChI is InChI=1S/C19H17FN6O/c1-2-15(17(22)27)25-19-14(20)8-12(9-21)18(26-19)24-13-7-11-5-3-4-6-16(11)23-10-13/h3-8,10,15H,2H2,1H3,(H2,22,27)(H2,24,25,26)/t15-/m1/s1. The van der Waals surface area contributed by atoms with Gasteiger partial charge in [-0.25, -0.2) is 9.37 Å². The lowest BCUT2D eigenvalue weighted by molar-refractivity contribution is -0.118. The highest BCUT2D eigenvalue weighted by Crippen LogP contribution is 2.25. The minimum Gasteiger partial charge on any atom is -0.368 e. The average molecular weight is 364 g/mol. The van der Waals surface area contributed by atoms with Crippen LogP contribution in [0.15, 0.2) is 42.6 Å². The molecule has 0 unspecified atom stereocenters. The first kappa shape index (κ1) is 18.1. The SMILES string of the molecule is CC[C@@H](Nc1nc(Nc2cnc3ccccc3c2)c(C#N)cc1F)C(N)=O. The predicted octanol–water partition coefficient (Wildman–Crippen LogP) is 3.06. The fourth-order valence-corrected chi connectivity index (χ4v) is 2.59. The highest BCUT2D eigenvalue weighted by atomic mass is 19.1. The van der Waals surface area contributed by atoms with Crippen LogP contribution in [0.3, 0.4) is 0 Å². The first-order chi connectivity index (χ1) is 13.0. The Labute approximate surface area is 155 Å². The number of nitriles is 1. The van der Waals surface area contributed by atoms with E-state index in [1.807, 2.05) is 36.4 Å². The minimum atomic E-state index is -0.768. The zero-order valence-electron chi connectivity index (χ0n) is 14.5. The van der Waals surface area contributed by atoms with Gasteiger partial charge >= 0.3 is 0 Å². The van der Waals surface area contributed by atoms with E-state index in [0.29, 0.717) is 12.1 Å². The van der Waals surface area contributed by atoms with Gasteiger partial charge in [-0.1, -0.05) is 25.1 Å². The van der Waals surface area contributed by atoms with Gasteiger partial charge in [-0.15, -0.1) is 0 Å². The molecule has 0 saturated carbocycles. The second kappa shape index (κ2) is 7.66. The third-order valence-electron chi connectivity index (χ3n) is 4.01. The molecular weight excluding hydrogens is 347 g/mol. The third kappa shape index (κ3) is 3.93. The number of pyridine rings is 2. The summed E-state index contributed by atoms with van der Waals surface area (Å²) in [5.41, 5.74) is 6.73. The number of primary amides is 1. The maximum Gasteiger partial charge on any atom is 0.239 e. The molecule has 4 N–H and O–H groups in total. The second-order valence-corrected chi connectivity index (χ2v) is 5.88. The average Bonchev–Trinajstić information content (AvgIpc) is 2.67. The number of amides is 1. The fourth-order valence-electron chi connectivity index (χ4n) is 2.59. The summed E-state index contributed by atoms with van der Waals surface area (Å²) in [6, 6.07) is 11.6. The number of fused-ring (bicyclic) bond motifs is 1. The van der Waals surface area contributed by atoms with Crippen molar-refractivity contribution < 1.29 is 9.18 Å². The van der Waals surface area contributed by atoms with Gasteiger partial charge in [-0.2, -0.15) is 5.26 Å². The molecule has 0 aliphatic rings. The molecule has 1 atom stereocenters. The highest BCUT2D eigenvalue weighted by molar-refractivity contribution is 5.84. The molecule has 2 aromatic heterocycles. The van der Waals surface area contributed by atoms with Gasteiger partial charge in [0.15, 0.2) is 17.5 Å². The van der Waals surface area contributed by atoms with Gasteiger partial charge in [0, 0.05) is 5.39 Å². The topological polar surface area (TPSA) is 117 Å². The monoisotopic (exact) mass is 364 g/mol. The van der Waals surface area contributed by atoms with Crippen LogP contribution >= 0.6 is 0 Å². The van der Waals surface area contributed by atoms with Crippen molar-refractivity contribution in [3.8, 4) is 6.07 Å². The molecule has 1 amide bonds. The Hall–Kier alpha value is -3.73. The van der Waals surface area contributed by atoms with E-state index in [9.17, 15) is 14.4 Å². The van der Waals surface area contributed by atoms with Crippen LogP contribution in [0.4, 0.5) is 21.7 Å². The van der Waals surface area contributed by atoms with E-state index in [2.05, 4.69) is 20.6 Å². The molecule has 0 saturated heterocycles. The lowest BCUT2D eigenvalue weighted by Gasteiger charge is -2.16. The van der Waals surface area contributed by atoms with Crippen LogP contribution in [0, 0.1) is 17.1 Å². The fraction of sp³-hybridized carbons (Fsp3) is 0.158. The number of benzene rings is 1. The van der Waals surface area contributed by atoms with Gasteiger partial charge in [0.2, 0.25) is 5.91 Å². The first-order valence-electron chi connectivity index (χ1n) is 8.30. The number of halogens is 1. The van der Waals surface area contributed by atoms with Crippen molar-refractivity contribution in [1.82, 2.24) is 9.97 Å². The molecule has 1 aromatic carbocycles. The smallest absolute Gasteiger partial charge is 0.239 e. The van der Waals surface area contributed by atoms with Crippen molar-refractivity contribution in [3.63, 3.8) is 0 Å². The predicted molar refractivity (Wildman–Crippen MR) is 101 cm³/mol. The maximum atomic E-state index is 14.3. The molecule has 2 heterocycles. The second-order valence-electron chi connectivity index (χ2n) is 5.88. The zero-order valence-corrected chi connectivity index (χ0v) is 14.5. The van der Waals surface area contributed by atoms with Crippen LogP contribution in [-0.2, 0) is 4.79 Å². The number of nitrogens with two attached hydrogens (primary N) is 1. The van der Waals surface area contributed by atoms with Gasteiger partial charge in [-0.3, -0.25) is 9.78 Å². The van der Waals surface area contributed by atoms with Crippen molar-refractivity contribution >= 4 is 34.1 Å². The van der Waals surface area contributed by atoms with E-state index in [-0.39, 0.29) is 17.2 Å². The Kier molecular flexibility index (Phi) is 5.13. The van der Waals surface area contributed by atoms with Gasteiger partial charge < -0.3 is 16.4 Å². The van der Waals surface area contributed by atoms with Crippen LogP contribution in [0.25, 0.3) is 10.9 Å². The maximum absolute atomic E-state index is 14.3. The van der Waals surface area contributed by atoms with Gasteiger partial charge in [-0.05, 0) is 24.6 Å². The molecule has 136 valence electrons. The number of hydrogen-bond acceptors (Lipinski definition) is 6. The molecule has 3 rings (SSSR count). The molecule has 7 nitrogen and oxygen atoms in total. The van der Waals surface area contributed by atoms with Crippen LogP contribution in [0.2, 0.25) is 0 Å². The summed E-state index contributed by atoms with van der Waals surface area (Å²) in [5.74, 6) is -1.36. The van der Waals surface area contributed by atoms with Crippen LogP contribution < -0.4 is 16.4 Å². The van der Waals surface area contributed by atoms with E-state index < -0.39 is 17.8 Å². The van der Waals surface area contributed by atoms with E-state index in [0.717, 1.165) is 17.0 Å². The van der Waals surface area contributed by atoms with Gasteiger partial charge in [0.25, 0.3) is 0 Å². The summed E-state index contributed by atoms with van der Waals surface area (Å²) in [6.45, 7) is 1.74. The Bertz CT molecular complexity index is 1050. The number of nitrogens with one attached hydrogen (secondary N) is 2. The number of rotatable bonds is 6. The summed E-state index contributed by atoms with van der Waals surface area (Å²) in [7, 11) is 0. The molecule has 0 bridgehead atoms. The number of hydrogen-bond donors (Lipinski definition) is 3. The van der Waals surface area contributed by atoms with Crippen molar-refractivity contribution in [1.29, 1.82) is 5.26 Å². The number of anilines is 3. The molecule has 8 heteroatoms. The van der Waals surface area contributed by atoms with E-state index in [1.54, 1.807) is 13.1 Å². The highest BCUT2D eigenvalue weighted by Gasteiger charge is 2.18. The number of nitrogens with zero attached hydrogens (tertiary/aromatic N) is 3. The van der Waals surface area contributed by atoms with Crippen molar-refractivity contribution in [2.45, 2.75) is 19.4 Å². The molecule has 0 aliphatic heterocycles. The Balaban J connectivity index is 1.96. The molecule has 0 aliphatic carbocycles. The van der Waals surface area contributed by atoms with E-state index in [1.165, 1.54) is 0 Å². The number of carbonyl (C=O) groups excluding carboxylic acids is 1. The summed E-state index contributed by atoms with van der Waals surface area (Å²) in [6.07, 6.45) is 1.97. The summed E-state index contributed by atoms with van der Waals surface area (Å²) < 4.78 is 14.3. The Morgan fingerprint density at radius 2 is 2.11 bits per heavy atom. The normalized spacial score (nSPS) is 11.6. The van der Waals surface area contributed by atoms with E-state index >= 15 is 0 Å². The van der Waals surface area contributed by atoms with Crippen LogP contribution in [0.5, 0.6) is 0 Å². The summed E-state index contributed by atoms with van der Waals surface area (Å²) in [5, 5.41) is 15.9. The lowest BCUT2D eigenvalue weighted by Crippen LogP contribution is -2.35. The molecule has 0 fully saturated rings. The zero-order chi connectivity index (χ0) is 19.4. The Morgan fingerprint density at radius 1 is 1.33 bits per heavy atom. The molecule has 0 radical (unpaired) electrons. The summed E-state index contributed by atoms with van der Waals surface area (Å²) in [4.78, 5) is 19.9. The number of para-hydroxylation sites is 1. The quantitative estimate of drug-likeness (QED) is 0.619. The lowest BCUT2D eigenvalue weighted by atomic mass is 10.2. The van der Waals surface area contributed by atoms with Crippen LogP contribution in [0.1, 0.15) is 18.9 Å². The minimum absolute atomic E-state index is 0.0262. The van der Waals surface area contributed by atoms with Gasteiger partial charge in [0.05, 0.1) is 23.0 Å². The molecule has 27 heavy (non-hydrogen) atoms. The molecule has 3 aromatic rings. The van der Waals surface area contributed by atoms with Gasteiger partial charge in [0.1, 0.15) is 12.1 Å². The molecule has 0 spiro atoms. The number of aromatic nitrogens is 2. The number of carbonyl (C=O) groups is 1. The van der Waals surface area contributed by atoms with Crippen molar-refractivity contribution in [3.05, 3.63) is 54.0 Å². The largest absolute Gasteiger partial charge is 0.368 e.